The number of unbranched alkanes of at least 4 members (excludes halogenated alkanes) is 1. The van der Waals surface area contributed by atoms with E-state index in [0.29, 0.717) is 24.6 Å². The number of ether oxygens (including phenoxy) is 2. The van der Waals surface area contributed by atoms with Crippen molar-refractivity contribution in [3.8, 4) is 0 Å². The van der Waals surface area contributed by atoms with Crippen molar-refractivity contribution in [1.29, 1.82) is 0 Å². The van der Waals surface area contributed by atoms with Crippen molar-refractivity contribution in [3.05, 3.63) is 70.8 Å². The van der Waals surface area contributed by atoms with E-state index in [-0.39, 0.29) is 18.8 Å². The van der Waals surface area contributed by atoms with Gasteiger partial charge in [0, 0.05) is 12.1 Å². The number of nitrogens with zero attached hydrogens (tertiary/aromatic N) is 2. The monoisotopic (exact) mass is 380 g/mol. The van der Waals surface area contributed by atoms with Crippen LogP contribution in [-0.2, 0) is 27.5 Å². The Hall–Kier alpha value is -2.86. The van der Waals surface area contributed by atoms with Crippen molar-refractivity contribution in [2.75, 3.05) is 13.2 Å². The molecule has 0 aliphatic carbocycles. The summed E-state index contributed by atoms with van der Waals surface area (Å²) in [6.07, 6.45) is 1.75. The van der Waals surface area contributed by atoms with Gasteiger partial charge in [0.1, 0.15) is 0 Å². The molecule has 0 radical (unpaired) electrons. The van der Waals surface area contributed by atoms with E-state index >= 15 is 0 Å². The van der Waals surface area contributed by atoms with E-state index < -0.39 is 0 Å². The third kappa shape index (κ3) is 3.87. The van der Waals surface area contributed by atoms with E-state index in [1.54, 1.807) is 12.1 Å². The summed E-state index contributed by atoms with van der Waals surface area (Å²) in [5.41, 5.74) is 3.98. The quantitative estimate of drug-likeness (QED) is 0.679. The first kappa shape index (κ1) is 18.5. The predicted molar refractivity (Wildman–Crippen MR) is 105 cm³/mol. The van der Waals surface area contributed by atoms with Crippen molar-refractivity contribution in [3.63, 3.8) is 0 Å². The summed E-state index contributed by atoms with van der Waals surface area (Å²) in [6, 6.07) is 15.2. The molecular weight excluding hydrogens is 356 g/mol. The second kappa shape index (κ2) is 8.44. The summed E-state index contributed by atoms with van der Waals surface area (Å²) in [6.45, 7) is 4.31. The molecule has 2 heterocycles. The molecule has 0 saturated carbocycles. The summed E-state index contributed by atoms with van der Waals surface area (Å²) in [7, 11) is 0. The average Bonchev–Trinajstić information content (AvgIpc) is 3.37. The first-order chi connectivity index (χ1) is 13.8. The number of hydrogen-bond acceptors (Lipinski definition) is 6. The van der Waals surface area contributed by atoms with Gasteiger partial charge in [0.05, 0.1) is 18.8 Å². The molecule has 0 spiro atoms. The number of fused-ring (bicyclic) bond motifs is 1. The van der Waals surface area contributed by atoms with Gasteiger partial charge in [-0.2, -0.15) is 0 Å². The van der Waals surface area contributed by atoms with E-state index in [4.69, 9.17) is 14.3 Å². The summed E-state index contributed by atoms with van der Waals surface area (Å²) >= 11 is 0. The molecule has 1 atom stereocenters. The number of amidine groups is 1. The molecule has 0 fully saturated rings. The Morgan fingerprint density at radius 2 is 2.00 bits per heavy atom. The zero-order chi connectivity index (χ0) is 19.3. The zero-order valence-corrected chi connectivity index (χ0v) is 16.0. The van der Waals surface area contributed by atoms with Gasteiger partial charge in [-0.05, 0) is 35.7 Å². The summed E-state index contributed by atoms with van der Waals surface area (Å²) < 4.78 is 11.0. The first-order valence-electron chi connectivity index (χ1n) is 9.67. The predicted octanol–water partition coefficient (Wildman–Crippen LogP) is 4.02. The van der Waals surface area contributed by atoms with Gasteiger partial charge in [0.25, 0.3) is 0 Å². The van der Waals surface area contributed by atoms with Gasteiger partial charge in [-0.1, -0.05) is 48.8 Å². The molecule has 146 valence electrons. The minimum atomic E-state index is -0.364. The molecule has 2 aliphatic rings. The largest absolute Gasteiger partial charge is 0.454 e. The maximum atomic E-state index is 12.3. The lowest BCUT2D eigenvalue weighted by Gasteiger charge is -2.25. The molecule has 0 aromatic heterocycles. The minimum Gasteiger partial charge on any atom is -0.454 e. The smallest absolute Gasteiger partial charge is 0.338 e. The van der Waals surface area contributed by atoms with Crippen molar-refractivity contribution in [1.82, 2.24) is 4.90 Å². The third-order valence-corrected chi connectivity index (χ3v) is 5.00. The highest BCUT2D eigenvalue weighted by atomic mass is 16.7. The Labute approximate surface area is 164 Å². The molecular formula is C22H24N2O4. The van der Waals surface area contributed by atoms with Gasteiger partial charge >= 0.3 is 5.97 Å². The fourth-order valence-corrected chi connectivity index (χ4v) is 3.41. The molecule has 6 nitrogen and oxygen atoms in total. The Kier molecular flexibility index (Phi) is 5.58. The molecule has 0 bridgehead atoms. The SMILES string of the molecule is CCCCN1C(COC(=O)c2ccccc2)=NOC1c1ccc2c(c1)COC2. The van der Waals surface area contributed by atoms with Gasteiger partial charge in [0.2, 0.25) is 6.23 Å². The standard InChI is InChI=1S/C22H24N2O4/c1-2-3-11-24-20(15-27-22(25)16-7-5-4-6-8-16)23-28-21(24)17-9-10-18-13-26-14-19(18)12-17/h4-10,12,21H,2-3,11,13-15H2,1H3. The molecule has 2 aromatic carbocycles. The average molecular weight is 380 g/mol. The normalized spacial score (nSPS) is 17.8. The number of carbonyl (C=O) groups is 1. The van der Waals surface area contributed by atoms with E-state index in [1.165, 1.54) is 11.1 Å². The lowest BCUT2D eigenvalue weighted by atomic mass is 10.0. The Balaban J connectivity index is 1.46. The molecule has 6 heteroatoms. The van der Waals surface area contributed by atoms with Crippen LogP contribution in [0, 0.1) is 0 Å². The van der Waals surface area contributed by atoms with Crippen LogP contribution in [0.15, 0.2) is 53.7 Å². The van der Waals surface area contributed by atoms with Crippen molar-refractivity contribution >= 4 is 11.8 Å². The number of esters is 1. The van der Waals surface area contributed by atoms with E-state index in [9.17, 15) is 4.79 Å². The molecule has 0 N–H and O–H groups in total. The molecule has 2 aromatic rings. The number of oxime groups is 1. The maximum absolute atomic E-state index is 12.3. The van der Waals surface area contributed by atoms with Gasteiger partial charge in [-0.3, -0.25) is 0 Å². The van der Waals surface area contributed by atoms with E-state index in [2.05, 4.69) is 35.2 Å². The van der Waals surface area contributed by atoms with Crippen LogP contribution in [0.25, 0.3) is 0 Å². The van der Waals surface area contributed by atoms with Crippen LogP contribution in [0.1, 0.15) is 53.0 Å². The Morgan fingerprint density at radius 1 is 1.18 bits per heavy atom. The molecule has 0 saturated heterocycles. The number of carbonyl (C=O) groups excluding carboxylic acids is 1. The summed E-state index contributed by atoms with van der Waals surface area (Å²) in [5, 5.41) is 4.22. The maximum Gasteiger partial charge on any atom is 0.338 e. The van der Waals surface area contributed by atoms with Crippen LogP contribution < -0.4 is 0 Å². The molecule has 2 aliphatic heterocycles. The van der Waals surface area contributed by atoms with Crippen LogP contribution in [0.4, 0.5) is 0 Å². The molecule has 4 rings (SSSR count). The molecule has 1 unspecified atom stereocenters. The minimum absolute atomic E-state index is 0.0853. The second-order valence-corrected chi connectivity index (χ2v) is 6.98. The number of benzene rings is 2. The van der Waals surface area contributed by atoms with Crippen molar-refractivity contribution in [2.45, 2.75) is 39.2 Å². The fraction of sp³-hybridized carbons (Fsp3) is 0.364. The molecule has 28 heavy (non-hydrogen) atoms. The van der Waals surface area contributed by atoms with Crippen molar-refractivity contribution in [2.24, 2.45) is 5.16 Å². The van der Waals surface area contributed by atoms with Crippen LogP contribution in [-0.4, -0.2) is 29.9 Å². The number of rotatable bonds is 7. The molecule has 0 amide bonds. The highest BCUT2D eigenvalue weighted by Crippen LogP contribution is 2.31. The topological polar surface area (TPSA) is 60.4 Å². The van der Waals surface area contributed by atoms with Crippen LogP contribution in [0.3, 0.4) is 0 Å². The second-order valence-electron chi connectivity index (χ2n) is 6.98. The van der Waals surface area contributed by atoms with E-state index in [0.717, 1.165) is 24.9 Å². The van der Waals surface area contributed by atoms with Crippen molar-refractivity contribution < 1.29 is 19.1 Å². The zero-order valence-electron chi connectivity index (χ0n) is 16.0. The third-order valence-electron chi connectivity index (χ3n) is 5.00. The number of hydrogen-bond donors (Lipinski definition) is 0. The Morgan fingerprint density at radius 3 is 2.82 bits per heavy atom. The van der Waals surface area contributed by atoms with Crippen LogP contribution in [0.5, 0.6) is 0 Å². The van der Waals surface area contributed by atoms with Gasteiger partial charge in [-0.15, -0.1) is 0 Å². The highest BCUT2D eigenvalue weighted by Gasteiger charge is 2.32. The van der Waals surface area contributed by atoms with E-state index in [1.807, 2.05) is 18.2 Å². The summed E-state index contributed by atoms with van der Waals surface area (Å²) in [5.74, 6) is 0.274. The van der Waals surface area contributed by atoms with Crippen LogP contribution in [0.2, 0.25) is 0 Å². The van der Waals surface area contributed by atoms with Gasteiger partial charge < -0.3 is 19.2 Å². The van der Waals surface area contributed by atoms with Gasteiger partial charge in [-0.25, -0.2) is 4.79 Å². The lowest BCUT2D eigenvalue weighted by molar-refractivity contribution is 0.00767. The fourth-order valence-electron chi connectivity index (χ4n) is 3.41. The lowest BCUT2D eigenvalue weighted by Crippen LogP contribution is -2.34. The van der Waals surface area contributed by atoms with Crippen LogP contribution >= 0.6 is 0 Å². The Bertz CT molecular complexity index is 866. The van der Waals surface area contributed by atoms with Gasteiger partial charge in [0.15, 0.2) is 12.4 Å². The summed E-state index contributed by atoms with van der Waals surface area (Å²) in [4.78, 5) is 20.1. The first-order valence-corrected chi connectivity index (χ1v) is 9.67. The highest BCUT2D eigenvalue weighted by molar-refractivity contribution is 5.92.